The fourth-order valence-corrected chi connectivity index (χ4v) is 1.04. The summed E-state index contributed by atoms with van der Waals surface area (Å²) in [4.78, 5) is 3.98. The predicted molar refractivity (Wildman–Crippen MR) is 52.0 cm³/mol. The molecule has 0 saturated carbocycles. The lowest BCUT2D eigenvalue weighted by molar-refractivity contribution is 0.444. The lowest BCUT2D eigenvalue weighted by Gasteiger charge is -2.00. The third kappa shape index (κ3) is 1.82. The molecule has 0 amide bonds. The monoisotopic (exact) mass is 190 g/mol. The van der Waals surface area contributed by atoms with Gasteiger partial charge in [-0.25, -0.2) is 0 Å². The largest absolute Gasteiger partial charge is 0.419 e. The highest BCUT2D eigenvalue weighted by Gasteiger charge is 2.01. The zero-order valence-corrected chi connectivity index (χ0v) is 7.69. The van der Waals surface area contributed by atoms with Crippen LogP contribution in [0, 0.1) is 6.92 Å². The molecule has 0 aliphatic heterocycles. The zero-order valence-electron chi connectivity index (χ0n) is 7.69. The Morgan fingerprint density at radius 1 is 1.36 bits per heavy atom. The highest BCUT2D eigenvalue weighted by molar-refractivity contribution is 5.32. The van der Waals surface area contributed by atoms with Gasteiger partial charge >= 0.3 is 0 Å². The summed E-state index contributed by atoms with van der Waals surface area (Å²) in [5.74, 6) is 1.35. The second-order valence-corrected chi connectivity index (χ2v) is 2.89. The molecule has 5 nitrogen and oxygen atoms in total. The van der Waals surface area contributed by atoms with E-state index in [1.807, 2.05) is 6.92 Å². The van der Waals surface area contributed by atoms with E-state index in [-0.39, 0.29) is 0 Å². The van der Waals surface area contributed by atoms with Crippen molar-refractivity contribution in [3.05, 3.63) is 30.0 Å². The van der Waals surface area contributed by atoms with Crippen molar-refractivity contribution in [1.29, 1.82) is 0 Å². The number of aromatic nitrogens is 3. The Balaban J connectivity index is 2.18. The number of nitrogens with one attached hydrogen (secondary N) is 1. The molecule has 0 aromatic carbocycles. The molecule has 3 N–H and O–H groups in total. The number of aryl methyl sites for hydroxylation is 1. The molecule has 14 heavy (non-hydrogen) atoms. The summed E-state index contributed by atoms with van der Waals surface area (Å²) < 4.78 is 5.35. The van der Waals surface area contributed by atoms with E-state index in [1.54, 1.807) is 24.3 Å². The van der Waals surface area contributed by atoms with Gasteiger partial charge in [-0.2, -0.15) is 4.98 Å². The van der Waals surface area contributed by atoms with E-state index < -0.39 is 0 Å². The molecule has 2 heterocycles. The first-order valence-electron chi connectivity index (χ1n) is 4.16. The summed E-state index contributed by atoms with van der Waals surface area (Å²) in [5, 5.41) is 6.68. The van der Waals surface area contributed by atoms with Crippen LogP contribution in [-0.4, -0.2) is 15.2 Å². The standard InChI is InChI=1S/C9H10N4O/c1-6-5-9(13-12-6)14-8-4-2-3-7(10)11-8/h2-5H,1H3,(H2,10,11)(H,12,13). The van der Waals surface area contributed by atoms with Crippen LogP contribution in [0.5, 0.6) is 11.8 Å². The van der Waals surface area contributed by atoms with Crippen LogP contribution < -0.4 is 10.5 Å². The molecule has 2 aromatic heterocycles. The van der Waals surface area contributed by atoms with Crippen molar-refractivity contribution >= 4 is 5.82 Å². The van der Waals surface area contributed by atoms with Crippen LogP contribution in [0.1, 0.15) is 5.69 Å². The summed E-state index contributed by atoms with van der Waals surface area (Å²) in [6, 6.07) is 6.98. The number of pyridine rings is 1. The van der Waals surface area contributed by atoms with E-state index in [9.17, 15) is 0 Å². The molecule has 0 aliphatic carbocycles. The summed E-state index contributed by atoms with van der Waals surface area (Å²) in [6.07, 6.45) is 0. The first-order valence-corrected chi connectivity index (χ1v) is 4.16. The number of anilines is 1. The van der Waals surface area contributed by atoms with Crippen LogP contribution in [0.25, 0.3) is 0 Å². The molecule has 0 fully saturated rings. The Morgan fingerprint density at radius 3 is 2.86 bits per heavy atom. The van der Waals surface area contributed by atoms with Crippen LogP contribution >= 0.6 is 0 Å². The molecule has 0 atom stereocenters. The van der Waals surface area contributed by atoms with E-state index in [4.69, 9.17) is 10.5 Å². The van der Waals surface area contributed by atoms with Gasteiger partial charge in [-0.1, -0.05) is 6.07 Å². The van der Waals surface area contributed by atoms with E-state index >= 15 is 0 Å². The highest BCUT2D eigenvalue weighted by atomic mass is 16.5. The lowest BCUT2D eigenvalue weighted by Crippen LogP contribution is -1.92. The van der Waals surface area contributed by atoms with Crippen LogP contribution in [0.2, 0.25) is 0 Å². The molecular formula is C9H10N4O. The minimum Gasteiger partial charge on any atom is -0.419 e. The van der Waals surface area contributed by atoms with Crippen molar-refractivity contribution in [2.45, 2.75) is 6.92 Å². The quantitative estimate of drug-likeness (QED) is 0.752. The molecule has 0 unspecified atom stereocenters. The van der Waals surface area contributed by atoms with Gasteiger partial charge in [0.15, 0.2) is 0 Å². The minimum atomic E-state index is 0.426. The van der Waals surface area contributed by atoms with Crippen LogP contribution in [0.4, 0.5) is 5.82 Å². The average molecular weight is 190 g/mol. The topological polar surface area (TPSA) is 76.8 Å². The lowest BCUT2D eigenvalue weighted by atomic mass is 10.4. The maximum Gasteiger partial charge on any atom is 0.240 e. The number of nitrogens with two attached hydrogens (primary N) is 1. The van der Waals surface area contributed by atoms with E-state index in [1.165, 1.54) is 0 Å². The van der Waals surface area contributed by atoms with Crippen molar-refractivity contribution in [2.75, 3.05) is 5.73 Å². The number of hydrogen-bond acceptors (Lipinski definition) is 4. The third-order valence-electron chi connectivity index (χ3n) is 1.64. The van der Waals surface area contributed by atoms with Gasteiger partial charge in [0, 0.05) is 17.8 Å². The first-order chi connectivity index (χ1) is 6.74. The van der Waals surface area contributed by atoms with E-state index in [0.717, 1.165) is 5.69 Å². The second kappa shape index (κ2) is 3.37. The van der Waals surface area contributed by atoms with Crippen molar-refractivity contribution in [1.82, 2.24) is 15.2 Å². The molecule has 0 bridgehead atoms. The third-order valence-corrected chi connectivity index (χ3v) is 1.64. The van der Waals surface area contributed by atoms with Crippen LogP contribution in [-0.2, 0) is 0 Å². The van der Waals surface area contributed by atoms with Gasteiger partial charge < -0.3 is 10.5 Å². The van der Waals surface area contributed by atoms with Gasteiger partial charge in [0.25, 0.3) is 0 Å². The number of aromatic amines is 1. The zero-order chi connectivity index (χ0) is 9.97. The molecule has 5 heteroatoms. The molecule has 0 radical (unpaired) electrons. The maximum absolute atomic E-state index is 5.50. The Morgan fingerprint density at radius 2 is 2.21 bits per heavy atom. The Labute approximate surface area is 80.9 Å². The molecule has 72 valence electrons. The van der Waals surface area contributed by atoms with Gasteiger partial charge in [-0.3, -0.25) is 5.10 Å². The van der Waals surface area contributed by atoms with E-state index in [0.29, 0.717) is 17.6 Å². The Bertz CT molecular complexity index is 438. The maximum atomic E-state index is 5.50. The average Bonchev–Trinajstić information content (AvgIpc) is 2.51. The second-order valence-electron chi connectivity index (χ2n) is 2.89. The Hall–Kier alpha value is -2.04. The summed E-state index contributed by atoms with van der Waals surface area (Å²) >= 11 is 0. The predicted octanol–water partition coefficient (Wildman–Crippen LogP) is 1.49. The van der Waals surface area contributed by atoms with E-state index in [2.05, 4.69) is 15.2 Å². The van der Waals surface area contributed by atoms with Crippen molar-refractivity contribution < 1.29 is 4.74 Å². The van der Waals surface area contributed by atoms with Gasteiger partial charge in [0.2, 0.25) is 11.8 Å². The van der Waals surface area contributed by atoms with Gasteiger partial charge in [-0.05, 0) is 13.0 Å². The summed E-state index contributed by atoms with van der Waals surface area (Å²) in [6.45, 7) is 1.90. The molecule has 2 aromatic rings. The van der Waals surface area contributed by atoms with Crippen molar-refractivity contribution in [2.24, 2.45) is 0 Å². The van der Waals surface area contributed by atoms with Crippen molar-refractivity contribution in [3.63, 3.8) is 0 Å². The van der Waals surface area contributed by atoms with Gasteiger partial charge in [-0.15, -0.1) is 5.10 Å². The number of ether oxygens (including phenoxy) is 1. The van der Waals surface area contributed by atoms with Gasteiger partial charge in [0.1, 0.15) is 5.82 Å². The summed E-state index contributed by atoms with van der Waals surface area (Å²) in [7, 11) is 0. The molecule has 0 saturated heterocycles. The number of nitrogens with zero attached hydrogens (tertiary/aromatic N) is 2. The smallest absolute Gasteiger partial charge is 0.240 e. The number of nitrogen functional groups attached to an aromatic ring is 1. The Kier molecular flexibility index (Phi) is 2.06. The van der Waals surface area contributed by atoms with Gasteiger partial charge in [0.05, 0.1) is 0 Å². The highest BCUT2D eigenvalue weighted by Crippen LogP contribution is 2.17. The van der Waals surface area contributed by atoms with Crippen LogP contribution in [0.15, 0.2) is 24.3 Å². The number of H-pyrrole nitrogens is 1. The number of rotatable bonds is 2. The normalized spacial score (nSPS) is 10.1. The number of hydrogen-bond donors (Lipinski definition) is 2. The molecule has 0 aliphatic rings. The molecule has 0 spiro atoms. The summed E-state index contributed by atoms with van der Waals surface area (Å²) in [5.41, 5.74) is 6.43. The van der Waals surface area contributed by atoms with Crippen LogP contribution in [0.3, 0.4) is 0 Å². The first kappa shape index (κ1) is 8.55. The van der Waals surface area contributed by atoms with Crippen molar-refractivity contribution in [3.8, 4) is 11.8 Å². The fraction of sp³-hybridized carbons (Fsp3) is 0.111. The fourth-order valence-electron chi connectivity index (χ4n) is 1.04. The SMILES string of the molecule is Cc1cc(Oc2cccc(N)n2)n[nH]1. The minimum absolute atomic E-state index is 0.426. The molecule has 2 rings (SSSR count). The molecular weight excluding hydrogens is 180 g/mol.